The second-order valence-corrected chi connectivity index (χ2v) is 6.16. The number of hydrogen-bond donors (Lipinski definition) is 1. The Kier molecular flexibility index (Phi) is 3.79. The minimum absolute atomic E-state index is 0.700. The number of nitrogens with one attached hydrogen (secondary N) is 1. The van der Waals surface area contributed by atoms with E-state index in [-0.39, 0.29) is 0 Å². The fourth-order valence-corrected chi connectivity index (χ4v) is 3.36. The van der Waals surface area contributed by atoms with Gasteiger partial charge in [-0.05, 0) is 50.2 Å². The Morgan fingerprint density at radius 1 is 1.21 bits per heavy atom. The minimum atomic E-state index is 0.700. The summed E-state index contributed by atoms with van der Waals surface area (Å²) in [7, 11) is 0. The Hall–Kier alpha value is -1.02. The fraction of sp³-hybridized carbons (Fsp3) is 0.647. The van der Waals surface area contributed by atoms with Crippen LogP contribution in [0.2, 0.25) is 0 Å². The monoisotopic (exact) mass is 258 g/mol. The molecule has 0 radical (unpaired) electrons. The number of aryl methyl sites for hydroxylation is 2. The molecule has 1 N–H and O–H groups in total. The number of hydrogen-bond acceptors (Lipinski definition) is 2. The van der Waals surface area contributed by atoms with E-state index < -0.39 is 0 Å². The lowest BCUT2D eigenvalue weighted by molar-refractivity contribution is 0.420. The van der Waals surface area contributed by atoms with Crippen molar-refractivity contribution in [3.05, 3.63) is 29.3 Å². The highest BCUT2D eigenvalue weighted by atomic mass is 15.2. The minimum Gasteiger partial charge on any atom is -0.370 e. The molecule has 1 aromatic rings. The third-order valence-corrected chi connectivity index (χ3v) is 4.49. The molecule has 0 bridgehead atoms. The van der Waals surface area contributed by atoms with Gasteiger partial charge in [0, 0.05) is 30.9 Å². The van der Waals surface area contributed by atoms with Gasteiger partial charge in [0.1, 0.15) is 0 Å². The number of piperidine rings is 1. The molecule has 1 aromatic carbocycles. The molecule has 0 aromatic heterocycles. The molecule has 2 nitrogen and oxygen atoms in total. The van der Waals surface area contributed by atoms with Gasteiger partial charge in [-0.25, -0.2) is 0 Å². The second kappa shape index (κ2) is 5.54. The first-order valence-corrected chi connectivity index (χ1v) is 7.87. The summed E-state index contributed by atoms with van der Waals surface area (Å²) in [6.07, 6.45) is 6.58. The highest BCUT2D eigenvalue weighted by Gasteiger charge is 2.28. The van der Waals surface area contributed by atoms with Crippen molar-refractivity contribution in [3.63, 3.8) is 0 Å². The Morgan fingerprint density at radius 3 is 2.79 bits per heavy atom. The maximum Gasteiger partial charge on any atom is 0.0428 e. The average Bonchev–Trinajstić information content (AvgIpc) is 3.22. The Morgan fingerprint density at radius 2 is 2.05 bits per heavy atom. The van der Waals surface area contributed by atoms with E-state index in [2.05, 4.69) is 42.3 Å². The van der Waals surface area contributed by atoms with E-state index in [1.165, 1.54) is 55.6 Å². The van der Waals surface area contributed by atoms with Crippen LogP contribution in [0.4, 0.5) is 5.69 Å². The molecule has 1 aliphatic heterocycles. The molecule has 3 rings (SSSR count). The fourth-order valence-electron chi connectivity index (χ4n) is 3.36. The zero-order valence-electron chi connectivity index (χ0n) is 12.3. The molecular formula is C17H26N2. The molecule has 0 amide bonds. The van der Waals surface area contributed by atoms with Gasteiger partial charge >= 0.3 is 0 Å². The van der Waals surface area contributed by atoms with Gasteiger partial charge in [0.25, 0.3) is 0 Å². The number of benzene rings is 1. The van der Waals surface area contributed by atoms with Crippen molar-refractivity contribution in [1.29, 1.82) is 0 Å². The van der Waals surface area contributed by atoms with Crippen molar-refractivity contribution in [2.45, 2.75) is 58.0 Å². The number of nitrogens with zero attached hydrogens (tertiary/aromatic N) is 1. The van der Waals surface area contributed by atoms with E-state index in [1.807, 2.05) is 0 Å². The van der Waals surface area contributed by atoms with Crippen LogP contribution in [0.25, 0.3) is 0 Å². The molecule has 19 heavy (non-hydrogen) atoms. The number of anilines is 1. The smallest absolute Gasteiger partial charge is 0.0428 e. The molecule has 1 aliphatic carbocycles. The highest BCUT2D eigenvalue weighted by molar-refractivity contribution is 5.59. The van der Waals surface area contributed by atoms with Crippen molar-refractivity contribution in [2.24, 2.45) is 0 Å². The number of rotatable bonds is 4. The first-order chi connectivity index (χ1) is 9.28. The van der Waals surface area contributed by atoms with E-state index in [9.17, 15) is 0 Å². The maximum atomic E-state index is 3.81. The standard InChI is InChI=1S/C17H26N2/c1-3-14-7-4-6-13(2)17(14)19-11-5-8-16(12-19)18-15-9-10-15/h4,6-7,15-16,18H,3,5,8-12H2,1-2H3. The Labute approximate surface area is 117 Å². The molecule has 2 heteroatoms. The summed E-state index contributed by atoms with van der Waals surface area (Å²) in [5.74, 6) is 0. The van der Waals surface area contributed by atoms with Gasteiger partial charge in [0.15, 0.2) is 0 Å². The van der Waals surface area contributed by atoms with Crippen LogP contribution in [0, 0.1) is 6.92 Å². The van der Waals surface area contributed by atoms with Gasteiger partial charge in [-0.2, -0.15) is 0 Å². The predicted molar refractivity (Wildman–Crippen MR) is 81.9 cm³/mol. The summed E-state index contributed by atoms with van der Waals surface area (Å²) in [5.41, 5.74) is 4.45. The molecule has 104 valence electrons. The topological polar surface area (TPSA) is 15.3 Å². The van der Waals surface area contributed by atoms with Crippen molar-refractivity contribution in [1.82, 2.24) is 5.32 Å². The van der Waals surface area contributed by atoms with Crippen molar-refractivity contribution >= 4 is 5.69 Å². The van der Waals surface area contributed by atoms with Crippen LogP contribution in [0.1, 0.15) is 43.7 Å². The van der Waals surface area contributed by atoms with Crippen LogP contribution in [0.5, 0.6) is 0 Å². The van der Waals surface area contributed by atoms with E-state index >= 15 is 0 Å². The third-order valence-electron chi connectivity index (χ3n) is 4.49. The molecule has 1 heterocycles. The second-order valence-electron chi connectivity index (χ2n) is 6.16. The van der Waals surface area contributed by atoms with E-state index in [0.29, 0.717) is 6.04 Å². The lowest BCUT2D eigenvalue weighted by Crippen LogP contribution is -2.47. The summed E-state index contributed by atoms with van der Waals surface area (Å²) in [6.45, 7) is 6.93. The Balaban J connectivity index is 1.76. The summed E-state index contributed by atoms with van der Waals surface area (Å²) < 4.78 is 0. The molecule has 1 saturated carbocycles. The Bertz CT molecular complexity index is 437. The molecular weight excluding hydrogens is 232 g/mol. The van der Waals surface area contributed by atoms with Crippen LogP contribution in [0.15, 0.2) is 18.2 Å². The quantitative estimate of drug-likeness (QED) is 0.891. The molecule has 0 spiro atoms. The highest BCUT2D eigenvalue weighted by Crippen LogP contribution is 2.29. The van der Waals surface area contributed by atoms with Crippen molar-refractivity contribution in [2.75, 3.05) is 18.0 Å². The molecule has 1 unspecified atom stereocenters. The zero-order valence-corrected chi connectivity index (χ0v) is 12.3. The summed E-state index contributed by atoms with van der Waals surface area (Å²) >= 11 is 0. The van der Waals surface area contributed by atoms with Crippen LogP contribution < -0.4 is 10.2 Å². The molecule has 1 atom stereocenters. The first-order valence-electron chi connectivity index (χ1n) is 7.87. The summed E-state index contributed by atoms with van der Waals surface area (Å²) in [5, 5.41) is 3.81. The lowest BCUT2D eigenvalue weighted by atomic mass is 10.00. The van der Waals surface area contributed by atoms with Crippen molar-refractivity contribution < 1.29 is 0 Å². The third kappa shape index (κ3) is 2.94. The van der Waals surface area contributed by atoms with Gasteiger partial charge in [-0.15, -0.1) is 0 Å². The SMILES string of the molecule is CCc1cccc(C)c1N1CCCC(NC2CC2)C1. The predicted octanol–water partition coefficient (Wildman–Crippen LogP) is 3.28. The van der Waals surface area contributed by atoms with Gasteiger partial charge in [0.2, 0.25) is 0 Å². The van der Waals surface area contributed by atoms with E-state index in [1.54, 1.807) is 0 Å². The molecule has 2 aliphatic rings. The largest absolute Gasteiger partial charge is 0.370 e. The molecule has 2 fully saturated rings. The first kappa shape index (κ1) is 13.0. The van der Waals surface area contributed by atoms with E-state index in [4.69, 9.17) is 0 Å². The zero-order chi connectivity index (χ0) is 13.2. The normalized spacial score (nSPS) is 23.7. The van der Waals surface area contributed by atoms with Crippen LogP contribution in [-0.4, -0.2) is 25.2 Å². The summed E-state index contributed by atoms with van der Waals surface area (Å²) in [6, 6.07) is 8.27. The van der Waals surface area contributed by atoms with Crippen molar-refractivity contribution in [3.8, 4) is 0 Å². The van der Waals surface area contributed by atoms with Gasteiger partial charge in [0.05, 0.1) is 0 Å². The lowest BCUT2D eigenvalue weighted by Gasteiger charge is -2.37. The van der Waals surface area contributed by atoms with E-state index in [0.717, 1.165) is 12.5 Å². The van der Waals surface area contributed by atoms with Crippen LogP contribution in [-0.2, 0) is 6.42 Å². The number of para-hydroxylation sites is 1. The molecule has 1 saturated heterocycles. The van der Waals surface area contributed by atoms with Crippen LogP contribution >= 0.6 is 0 Å². The average molecular weight is 258 g/mol. The van der Waals surface area contributed by atoms with Gasteiger partial charge in [-0.3, -0.25) is 0 Å². The van der Waals surface area contributed by atoms with Gasteiger partial charge in [-0.1, -0.05) is 25.1 Å². The van der Waals surface area contributed by atoms with Gasteiger partial charge < -0.3 is 10.2 Å². The summed E-state index contributed by atoms with van der Waals surface area (Å²) in [4.78, 5) is 2.62. The maximum absolute atomic E-state index is 3.81. The van der Waals surface area contributed by atoms with Crippen LogP contribution in [0.3, 0.4) is 0 Å².